The lowest BCUT2D eigenvalue weighted by molar-refractivity contribution is 0.614. The van der Waals surface area contributed by atoms with Crippen LogP contribution in [0.5, 0.6) is 0 Å². The highest BCUT2D eigenvalue weighted by molar-refractivity contribution is 5.79. The smallest absolute Gasteiger partial charge is 0.205 e. The number of nitrogens with one attached hydrogen (secondary N) is 2. The Morgan fingerprint density at radius 2 is 2.33 bits per heavy atom. The Morgan fingerprint density at radius 1 is 1.56 bits per heavy atom. The molecule has 1 heterocycles. The highest BCUT2D eigenvalue weighted by atomic mass is 15.3. The molecule has 0 radical (unpaired) electrons. The zero-order chi connectivity index (χ0) is 12.8. The predicted molar refractivity (Wildman–Crippen MR) is 71.9 cm³/mol. The molecule has 6 nitrogen and oxygen atoms in total. The van der Waals surface area contributed by atoms with Crippen molar-refractivity contribution in [3.63, 3.8) is 0 Å². The minimum atomic E-state index is 0.526. The molecule has 1 aromatic rings. The van der Waals surface area contributed by atoms with Gasteiger partial charge in [-0.15, -0.1) is 0 Å². The van der Waals surface area contributed by atoms with Gasteiger partial charge in [0, 0.05) is 25.8 Å². The number of aliphatic imine (C=N–C) groups is 1. The van der Waals surface area contributed by atoms with Crippen molar-refractivity contribution in [1.82, 2.24) is 20.5 Å². The third-order valence-corrected chi connectivity index (χ3v) is 3.26. The van der Waals surface area contributed by atoms with Crippen LogP contribution < -0.4 is 16.6 Å². The molecule has 0 amide bonds. The minimum Gasteiger partial charge on any atom is -0.353 e. The van der Waals surface area contributed by atoms with E-state index in [-0.39, 0.29) is 0 Å². The van der Waals surface area contributed by atoms with Gasteiger partial charge in [0.2, 0.25) is 5.96 Å². The molecule has 0 bridgehead atoms. The summed E-state index contributed by atoms with van der Waals surface area (Å²) in [7, 11) is 1.92. The fourth-order valence-corrected chi connectivity index (χ4v) is 2.29. The first kappa shape index (κ1) is 12.9. The van der Waals surface area contributed by atoms with Crippen molar-refractivity contribution in [2.75, 3.05) is 6.54 Å². The molecule has 1 saturated carbocycles. The summed E-state index contributed by atoms with van der Waals surface area (Å²) < 4.78 is 1.80. The van der Waals surface area contributed by atoms with E-state index in [1.165, 1.54) is 31.2 Å². The van der Waals surface area contributed by atoms with Crippen LogP contribution in [0.3, 0.4) is 0 Å². The van der Waals surface area contributed by atoms with Crippen molar-refractivity contribution >= 4 is 5.96 Å². The summed E-state index contributed by atoms with van der Waals surface area (Å²) in [6.07, 6.45) is 9.78. The van der Waals surface area contributed by atoms with E-state index in [2.05, 4.69) is 20.8 Å². The van der Waals surface area contributed by atoms with Crippen molar-refractivity contribution < 1.29 is 0 Å². The van der Waals surface area contributed by atoms with E-state index < -0.39 is 0 Å². The largest absolute Gasteiger partial charge is 0.353 e. The van der Waals surface area contributed by atoms with E-state index in [1.807, 2.05) is 19.4 Å². The van der Waals surface area contributed by atoms with E-state index in [4.69, 9.17) is 5.84 Å². The third kappa shape index (κ3) is 3.73. The van der Waals surface area contributed by atoms with Gasteiger partial charge < -0.3 is 5.32 Å². The van der Waals surface area contributed by atoms with E-state index in [1.54, 1.807) is 4.68 Å². The highest BCUT2D eigenvalue weighted by Gasteiger charge is 2.15. The molecule has 0 aliphatic heterocycles. The Morgan fingerprint density at radius 3 is 2.94 bits per heavy atom. The average Bonchev–Trinajstić information content (AvgIpc) is 3.00. The maximum atomic E-state index is 5.47. The van der Waals surface area contributed by atoms with Gasteiger partial charge in [-0.05, 0) is 24.8 Å². The molecule has 6 heteroatoms. The summed E-state index contributed by atoms with van der Waals surface area (Å²) >= 11 is 0. The van der Waals surface area contributed by atoms with Gasteiger partial charge in [0.1, 0.15) is 0 Å². The molecule has 0 saturated heterocycles. The van der Waals surface area contributed by atoms with Crippen molar-refractivity contribution in [2.45, 2.75) is 38.1 Å². The molecule has 1 fully saturated rings. The van der Waals surface area contributed by atoms with Crippen LogP contribution in [0.15, 0.2) is 17.4 Å². The molecule has 100 valence electrons. The lowest BCUT2D eigenvalue weighted by atomic mass is 10.2. The van der Waals surface area contributed by atoms with Crippen LogP contribution in [0.4, 0.5) is 0 Å². The molecule has 1 aliphatic rings. The lowest BCUT2D eigenvalue weighted by Gasteiger charge is -2.14. The molecular weight excluding hydrogens is 228 g/mol. The Hall–Kier alpha value is -1.56. The van der Waals surface area contributed by atoms with E-state index in [0.29, 0.717) is 18.5 Å². The van der Waals surface area contributed by atoms with Crippen molar-refractivity contribution in [3.05, 3.63) is 18.0 Å². The fraction of sp³-hybridized carbons (Fsp3) is 0.667. The monoisotopic (exact) mass is 250 g/mol. The average molecular weight is 250 g/mol. The summed E-state index contributed by atoms with van der Waals surface area (Å²) in [5.74, 6) is 6.17. The number of nitrogens with zero attached hydrogens (tertiary/aromatic N) is 3. The first-order valence-electron chi connectivity index (χ1n) is 6.53. The predicted octanol–water partition coefficient (Wildman–Crippen LogP) is 0.314. The molecule has 4 N–H and O–H groups in total. The number of nitrogens with two attached hydrogens (primary N) is 1. The number of aryl methyl sites for hydroxylation is 1. The van der Waals surface area contributed by atoms with Crippen LogP contribution in [0.2, 0.25) is 0 Å². The molecule has 1 aromatic heterocycles. The zero-order valence-corrected chi connectivity index (χ0v) is 10.9. The molecule has 0 spiro atoms. The van der Waals surface area contributed by atoms with Gasteiger partial charge in [-0.2, -0.15) is 5.10 Å². The van der Waals surface area contributed by atoms with Crippen LogP contribution in [-0.2, 0) is 13.5 Å². The molecule has 1 aliphatic carbocycles. The Labute approximate surface area is 108 Å². The summed E-state index contributed by atoms with van der Waals surface area (Å²) in [5.41, 5.74) is 3.83. The fourth-order valence-electron chi connectivity index (χ4n) is 2.29. The lowest BCUT2D eigenvalue weighted by Crippen LogP contribution is -2.45. The van der Waals surface area contributed by atoms with E-state index >= 15 is 0 Å². The van der Waals surface area contributed by atoms with Gasteiger partial charge in [0.25, 0.3) is 0 Å². The second kappa shape index (κ2) is 6.39. The zero-order valence-electron chi connectivity index (χ0n) is 10.9. The van der Waals surface area contributed by atoms with Crippen molar-refractivity contribution in [1.29, 1.82) is 0 Å². The van der Waals surface area contributed by atoms with Crippen molar-refractivity contribution in [2.24, 2.45) is 17.9 Å². The summed E-state index contributed by atoms with van der Waals surface area (Å²) in [6, 6.07) is 0.526. The molecule has 2 rings (SSSR count). The molecule has 18 heavy (non-hydrogen) atoms. The first-order valence-corrected chi connectivity index (χ1v) is 6.53. The van der Waals surface area contributed by atoms with Crippen LogP contribution >= 0.6 is 0 Å². The second-order valence-electron chi connectivity index (χ2n) is 4.77. The van der Waals surface area contributed by atoms with Crippen LogP contribution in [0.25, 0.3) is 0 Å². The number of rotatable bonds is 4. The van der Waals surface area contributed by atoms with Gasteiger partial charge in [-0.1, -0.05) is 12.8 Å². The summed E-state index contributed by atoms with van der Waals surface area (Å²) in [5, 5.41) is 7.48. The number of guanidine groups is 1. The van der Waals surface area contributed by atoms with Gasteiger partial charge in [0.15, 0.2) is 0 Å². The topological polar surface area (TPSA) is 80.3 Å². The normalized spacial score (nSPS) is 17.1. The van der Waals surface area contributed by atoms with Crippen LogP contribution in [0, 0.1) is 0 Å². The maximum Gasteiger partial charge on any atom is 0.205 e. The van der Waals surface area contributed by atoms with Gasteiger partial charge >= 0.3 is 0 Å². The van der Waals surface area contributed by atoms with E-state index in [9.17, 15) is 0 Å². The maximum absolute atomic E-state index is 5.47. The SMILES string of the molecule is Cn1cc(CCN=C(NN)NC2CCCC2)cn1. The van der Waals surface area contributed by atoms with Gasteiger partial charge in [-0.25, -0.2) is 5.84 Å². The molecular formula is C12H22N6. The Kier molecular flexibility index (Phi) is 4.58. The number of aromatic nitrogens is 2. The number of hydrogen-bond acceptors (Lipinski definition) is 3. The Balaban J connectivity index is 1.78. The quantitative estimate of drug-likeness (QED) is 0.311. The second-order valence-corrected chi connectivity index (χ2v) is 4.77. The van der Waals surface area contributed by atoms with Crippen molar-refractivity contribution in [3.8, 4) is 0 Å². The summed E-state index contributed by atoms with van der Waals surface area (Å²) in [6.45, 7) is 0.713. The number of hydrogen-bond donors (Lipinski definition) is 3. The summed E-state index contributed by atoms with van der Waals surface area (Å²) in [4.78, 5) is 4.44. The van der Waals surface area contributed by atoms with Crippen LogP contribution in [-0.4, -0.2) is 28.3 Å². The van der Waals surface area contributed by atoms with Gasteiger partial charge in [0.05, 0.1) is 6.20 Å². The minimum absolute atomic E-state index is 0.526. The first-order chi connectivity index (χ1) is 8.78. The Bertz CT molecular complexity index is 391. The van der Waals surface area contributed by atoms with Gasteiger partial charge in [-0.3, -0.25) is 15.1 Å². The van der Waals surface area contributed by atoms with Crippen LogP contribution in [0.1, 0.15) is 31.2 Å². The highest BCUT2D eigenvalue weighted by Crippen LogP contribution is 2.17. The third-order valence-electron chi connectivity index (χ3n) is 3.26. The molecule has 0 unspecified atom stereocenters. The molecule has 0 atom stereocenters. The number of hydrazine groups is 1. The molecule has 0 aromatic carbocycles. The van der Waals surface area contributed by atoms with E-state index in [0.717, 1.165) is 6.42 Å². The standard InChI is InChI=1S/C12H22N6/c1-18-9-10(8-15-18)6-7-14-12(17-13)16-11-4-2-3-5-11/h8-9,11H,2-7,13H2,1H3,(H2,14,16,17).